The van der Waals surface area contributed by atoms with Crippen LogP contribution < -0.4 is 20.2 Å². The first kappa shape index (κ1) is 17.5. The Morgan fingerprint density at radius 1 is 0.821 bits per heavy atom. The number of benzene rings is 3. The molecule has 2 amide bonds. The molecule has 3 aromatic carbocycles. The molecule has 1 heterocycles. The first-order valence-electron chi connectivity index (χ1n) is 8.94. The number of methoxy groups -OCH3 is 1. The summed E-state index contributed by atoms with van der Waals surface area (Å²) in [7, 11) is 1.60. The summed E-state index contributed by atoms with van der Waals surface area (Å²) in [6.45, 7) is 0. The van der Waals surface area contributed by atoms with E-state index in [0.717, 1.165) is 22.6 Å². The maximum atomic E-state index is 12.3. The zero-order valence-electron chi connectivity index (χ0n) is 15.4. The molecule has 0 aliphatic carbocycles. The zero-order chi connectivity index (χ0) is 19.3. The first-order valence-corrected chi connectivity index (χ1v) is 8.94. The maximum Gasteiger partial charge on any atom is 0.372 e. The maximum absolute atomic E-state index is 12.3. The Morgan fingerprint density at radius 3 is 2.36 bits per heavy atom. The molecule has 0 aliphatic rings. The number of rotatable bonds is 4. The number of carbonyl (C=O) groups excluding carboxylic acids is 1. The molecule has 0 radical (unpaired) electrons. The Bertz CT molecular complexity index is 1120. The minimum Gasteiger partial charge on any atom is -0.496 e. The van der Waals surface area contributed by atoms with E-state index in [1.165, 1.54) is 10.8 Å². The molecule has 0 saturated heterocycles. The molecular weight excluding hydrogens is 350 g/mol. The van der Waals surface area contributed by atoms with E-state index >= 15 is 0 Å². The summed E-state index contributed by atoms with van der Waals surface area (Å²) in [5.74, 6) is 0.724. The minimum absolute atomic E-state index is 0.328. The second-order valence-corrected chi connectivity index (χ2v) is 6.35. The molecule has 0 unspecified atom stereocenters. The quantitative estimate of drug-likeness (QED) is 0.517. The Hall–Kier alpha value is -3.86. The summed E-state index contributed by atoms with van der Waals surface area (Å²) in [6, 6.07) is 25.6. The van der Waals surface area contributed by atoms with E-state index in [9.17, 15) is 4.79 Å². The molecule has 1 aromatic heterocycles. The predicted molar refractivity (Wildman–Crippen MR) is 111 cm³/mol. The number of nitrogens with zero attached hydrogens (tertiary/aromatic N) is 1. The van der Waals surface area contributed by atoms with Gasteiger partial charge in [-0.3, -0.25) is 0 Å². The number of urea groups is 1. The highest BCUT2D eigenvalue weighted by Gasteiger charge is 2.09. The summed E-state index contributed by atoms with van der Waals surface area (Å²) < 4.78 is 6.67. The van der Waals surface area contributed by atoms with Gasteiger partial charge in [0.15, 0.2) is 0 Å². The molecular formula is C23H20N3O2+. The van der Waals surface area contributed by atoms with Crippen molar-refractivity contribution < 1.29 is 14.2 Å². The number of carbonyl (C=O) groups is 1. The highest BCUT2D eigenvalue weighted by atomic mass is 16.5. The molecule has 0 spiro atoms. The van der Waals surface area contributed by atoms with Gasteiger partial charge in [0.1, 0.15) is 5.75 Å². The fraction of sp³-hybridized carbons (Fsp3) is 0.0435. The summed E-state index contributed by atoms with van der Waals surface area (Å²) in [6.07, 6.45) is 3.42. The number of pyridine rings is 1. The smallest absolute Gasteiger partial charge is 0.372 e. The zero-order valence-corrected chi connectivity index (χ0v) is 15.4. The van der Waals surface area contributed by atoms with Crippen LogP contribution in [-0.2, 0) is 0 Å². The van der Waals surface area contributed by atoms with Gasteiger partial charge in [-0.1, -0.05) is 53.2 Å². The SMILES string of the molecule is COc1cc[n+](NC(=O)Nc2cccc(-c3ccc4ccccc4c3)c2)cc1. The summed E-state index contributed by atoms with van der Waals surface area (Å²) in [5.41, 5.74) is 5.60. The molecule has 0 saturated carbocycles. The fourth-order valence-corrected chi connectivity index (χ4v) is 3.05. The number of amides is 2. The predicted octanol–water partition coefficient (Wildman–Crippen LogP) is 4.58. The molecule has 4 aromatic rings. The average molecular weight is 370 g/mol. The average Bonchev–Trinajstić information content (AvgIpc) is 2.74. The van der Waals surface area contributed by atoms with Crippen LogP contribution in [0.3, 0.4) is 0 Å². The van der Waals surface area contributed by atoms with Crippen molar-refractivity contribution >= 4 is 22.5 Å². The lowest BCUT2D eigenvalue weighted by atomic mass is 10.0. The molecule has 0 aliphatic heterocycles. The van der Waals surface area contributed by atoms with Gasteiger partial charge in [-0.2, -0.15) is 0 Å². The van der Waals surface area contributed by atoms with E-state index in [1.54, 1.807) is 36.3 Å². The number of hydrogen-bond donors (Lipinski definition) is 2. The number of fused-ring (bicyclic) bond motifs is 1. The number of ether oxygens (including phenoxy) is 1. The monoisotopic (exact) mass is 370 g/mol. The lowest BCUT2D eigenvalue weighted by Gasteiger charge is -2.08. The van der Waals surface area contributed by atoms with Crippen LogP contribution in [0.15, 0.2) is 91.3 Å². The fourth-order valence-electron chi connectivity index (χ4n) is 3.05. The summed E-state index contributed by atoms with van der Waals surface area (Å²) in [4.78, 5) is 12.3. The highest BCUT2D eigenvalue weighted by molar-refractivity contribution is 5.94. The molecule has 138 valence electrons. The van der Waals surface area contributed by atoms with Crippen LogP contribution in [0, 0.1) is 0 Å². The van der Waals surface area contributed by atoms with E-state index in [-0.39, 0.29) is 6.03 Å². The third kappa shape index (κ3) is 3.94. The van der Waals surface area contributed by atoms with E-state index in [1.807, 2.05) is 36.4 Å². The Balaban J connectivity index is 1.50. The van der Waals surface area contributed by atoms with Gasteiger partial charge < -0.3 is 10.1 Å². The summed E-state index contributed by atoms with van der Waals surface area (Å²) >= 11 is 0. The van der Waals surface area contributed by atoms with E-state index in [0.29, 0.717) is 0 Å². The van der Waals surface area contributed by atoms with Crippen LogP contribution in [-0.4, -0.2) is 13.1 Å². The van der Waals surface area contributed by atoms with Crippen molar-refractivity contribution in [3.05, 3.63) is 91.3 Å². The minimum atomic E-state index is -0.328. The normalized spacial score (nSPS) is 10.5. The summed E-state index contributed by atoms with van der Waals surface area (Å²) in [5, 5.41) is 5.26. The van der Waals surface area contributed by atoms with E-state index < -0.39 is 0 Å². The molecule has 0 atom stereocenters. The van der Waals surface area contributed by atoms with Crippen molar-refractivity contribution in [2.24, 2.45) is 0 Å². The molecule has 4 rings (SSSR count). The van der Waals surface area contributed by atoms with Gasteiger partial charge in [0.2, 0.25) is 12.4 Å². The van der Waals surface area contributed by atoms with Crippen molar-refractivity contribution in [1.82, 2.24) is 0 Å². The van der Waals surface area contributed by atoms with Crippen molar-refractivity contribution in [2.45, 2.75) is 0 Å². The highest BCUT2D eigenvalue weighted by Crippen LogP contribution is 2.26. The van der Waals surface area contributed by atoms with Crippen LogP contribution >= 0.6 is 0 Å². The van der Waals surface area contributed by atoms with Crippen molar-refractivity contribution in [1.29, 1.82) is 0 Å². The lowest BCUT2D eigenvalue weighted by Crippen LogP contribution is -2.49. The van der Waals surface area contributed by atoms with Gasteiger partial charge in [-0.15, -0.1) is 5.43 Å². The van der Waals surface area contributed by atoms with Crippen LogP contribution in [0.2, 0.25) is 0 Å². The lowest BCUT2D eigenvalue weighted by molar-refractivity contribution is -0.641. The third-order valence-corrected chi connectivity index (χ3v) is 4.47. The van der Waals surface area contributed by atoms with Gasteiger partial charge in [-0.05, 0) is 40.1 Å². The van der Waals surface area contributed by atoms with Crippen LogP contribution in [0.25, 0.3) is 21.9 Å². The topological polar surface area (TPSA) is 54.2 Å². The largest absolute Gasteiger partial charge is 0.496 e. The van der Waals surface area contributed by atoms with Crippen molar-refractivity contribution in [3.63, 3.8) is 0 Å². The van der Waals surface area contributed by atoms with Crippen molar-refractivity contribution in [3.8, 4) is 16.9 Å². The van der Waals surface area contributed by atoms with Crippen LogP contribution in [0.1, 0.15) is 0 Å². The second kappa shape index (κ2) is 7.80. The van der Waals surface area contributed by atoms with Gasteiger partial charge in [-0.25, -0.2) is 4.79 Å². The van der Waals surface area contributed by atoms with E-state index in [2.05, 4.69) is 41.1 Å². The number of aromatic nitrogens is 1. The third-order valence-electron chi connectivity index (χ3n) is 4.47. The Morgan fingerprint density at radius 2 is 1.57 bits per heavy atom. The molecule has 5 heteroatoms. The van der Waals surface area contributed by atoms with Gasteiger partial charge in [0, 0.05) is 17.8 Å². The Labute approximate surface area is 163 Å². The molecule has 0 fully saturated rings. The molecule has 2 N–H and O–H groups in total. The molecule has 5 nitrogen and oxygen atoms in total. The Kier molecular flexibility index (Phi) is 4.89. The molecule has 0 bridgehead atoms. The van der Waals surface area contributed by atoms with Crippen molar-refractivity contribution in [2.75, 3.05) is 17.9 Å². The number of nitrogens with one attached hydrogen (secondary N) is 2. The van der Waals surface area contributed by atoms with Gasteiger partial charge >= 0.3 is 6.03 Å². The van der Waals surface area contributed by atoms with E-state index in [4.69, 9.17) is 4.74 Å². The van der Waals surface area contributed by atoms with Crippen LogP contribution in [0.5, 0.6) is 5.75 Å². The second-order valence-electron chi connectivity index (χ2n) is 6.35. The van der Waals surface area contributed by atoms with Crippen LogP contribution in [0.4, 0.5) is 10.5 Å². The van der Waals surface area contributed by atoms with Gasteiger partial charge in [0.05, 0.1) is 7.11 Å². The number of anilines is 1. The first-order chi connectivity index (χ1) is 13.7. The van der Waals surface area contributed by atoms with Gasteiger partial charge in [0.25, 0.3) is 0 Å². The standard InChI is InChI=1S/C23H19N3O2/c1-28-22-11-13-26(14-12-22)25-23(27)24-21-8-4-7-19(16-21)20-10-9-17-5-2-3-6-18(17)15-20/h2-16H,1H3,(H-,24,25,27)/p+1. The number of hydrogen-bond acceptors (Lipinski definition) is 2. The molecule has 28 heavy (non-hydrogen) atoms.